The van der Waals surface area contributed by atoms with Gasteiger partial charge in [0, 0.05) is 0 Å². The van der Waals surface area contributed by atoms with Crippen LogP contribution in [0.2, 0.25) is 0 Å². The Morgan fingerprint density at radius 3 is 1.71 bits per heavy atom. The Balaban J connectivity index is 3.14. The lowest BCUT2D eigenvalue weighted by Crippen LogP contribution is -2.04. The topological polar surface area (TPSA) is 0 Å². The SMILES string of the molecule is CC(C)[C@H](C)CS. The zero-order chi connectivity index (χ0) is 5.86. The Hall–Kier alpha value is 0.350. The highest BCUT2D eigenvalue weighted by atomic mass is 32.1. The summed E-state index contributed by atoms with van der Waals surface area (Å²) in [6, 6.07) is 0. The molecule has 0 aliphatic carbocycles. The molecule has 0 radical (unpaired) electrons. The molecule has 0 saturated carbocycles. The third-order valence-electron chi connectivity index (χ3n) is 1.43. The van der Waals surface area contributed by atoms with Crippen molar-refractivity contribution < 1.29 is 0 Å². The molecular weight excluding hydrogens is 104 g/mol. The molecule has 0 aromatic carbocycles. The van der Waals surface area contributed by atoms with Crippen molar-refractivity contribution >= 4 is 12.6 Å². The molecule has 0 saturated heterocycles. The third kappa shape index (κ3) is 2.98. The quantitative estimate of drug-likeness (QED) is 0.528. The lowest BCUT2D eigenvalue weighted by atomic mass is 10.0. The van der Waals surface area contributed by atoms with Crippen LogP contribution in [0.1, 0.15) is 20.8 Å². The first-order valence-electron chi connectivity index (χ1n) is 2.79. The summed E-state index contributed by atoms with van der Waals surface area (Å²) in [6.07, 6.45) is 0. The molecule has 0 unspecified atom stereocenters. The van der Waals surface area contributed by atoms with Crippen LogP contribution in [0.15, 0.2) is 0 Å². The largest absolute Gasteiger partial charge is 0.179 e. The zero-order valence-corrected chi connectivity index (χ0v) is 6.20. The molecule has 0 amide bonds. The van der Waals surface area contributed by atoms with Crippen LogP contribution in [0.25, 0.3) is 0 Å². The van der Waals surface area contributed by atoms with Gasteiger partial charge < -0.3 is 0 Å². The Bertz CT molecular complexity index is 41.4. The standard InChI is InChI=1S/C6H14S/c1-5(2)6(3)4-7/h5-7H,4H2,1-3H3/t6-/m1/s1. The van der Waals surface area contributed by atoms with Crippen LogP contribution in [0.4, 0.5) is 0 Å². The summed E-state index contributed by atoms with van der Waals surface area (Å²) in [5, 5.41) is 0. The average Bonchev–Trinajstić information content (AvgIpc) is 1.65. The molecule has 0 fully saturated rings. The van der Waals surface area contributed by atoms with Crippen molar-refractivity contribution in [2.45, 2.75) is 20.8 Å². The van der Waals surface area contributed by atoms with Crippen molar-refractivity contribution in [3.8, 4) is 0 Å². The number of rotatable bonds is 2. The van der Waals surface area contributed by atoms with Crippen molar-refractivity contribution in [1.29, 1.82) is 0 Å². The fourth-order valence-electron chi connectivity index (χ4n) is 0.211. The highest BCUT2D eigenvalue weighted by Crippen LogP contribution is 2.09. The van der Waals surface area contributed by atoms with Gasteiger partial charge in [-0.25, -0.2) is 0 Å². The first kappa shape index (κ1) is 7.35. The van der Waals surface area contributed by atoms with Crippen molar-refractivity contribution in [2.24, 2.45) is 11.8 Å². The number of hydrogen-bond donors (Lipinski definition) is 1. The molecule has 44 valence electrons. The van der Waals surface area contributed by atoms with Gasteiger partial charge in [-0.1, -0.05) is 20.8 Å². The van der Waals surface area contributed by atoms with Gasteiger partial charge in [-0.2, -0.15) is 12.6 Å². The van der Waals surface area contributed by atoms with Gasteiger partial charge in [0.05, 0.1) is 0 Å². The predicted molar refractivity (Wildman–Crippen MR) is 37.9 cm³/mol. The molecule has 0 aliphatic heterocycles. The summed E-state index contributed by atoms with van der Waals surface area (Å²) in [5.74, 6) is 2.57. The monoisotopic (exact) mass is 118 g/mol. The maximum Gasteiger partial charge on any atom is -0.00697 e. The van der Waals surface area contributed by atoms with Crippen LogP contribution >= 0.6 is 12.6 Å². The minimum absolute atomic E-state index is 0.767. The highest BCUT2D eigenvalue weighted by molar-refractivity contribution is 7.80. The lowest BCUT2D eigenvalue weighted by Gasteiger charge is -2.10. The van der Waals surface area contributed by atoms with Gasteiger partial charge in [-0.3, -0.25) is 0 Å². The number of thiol groups is 1. The molecular formula is C6H14S. The van der Waals surface area contributed by atoms with E-state index in [4.69, 9.17) is 0 Å². The van der Waals surface area contributed by atoms with Crippen LogP contribution in [-0.4, -0.2) is 5.75 Å². The molecule has 1 atom stereocenters. The van der Waals surface area contributed by atoms with E-state index in [1.54, 1.807) is 0 Å². The lowest BCUT2D eigenvalue weighted by molar-refractivity contribution is 0.465. The fraction of sp³-hybridized carbons (Fsp3) is 1.00. The van der Waals surface area contributed by atoms with Crippen molar-refractivity contribution in [2.75, 3.05) is 5.75 Å². The van der Waals surface area contributed by atoms with Gasteiger partial charge in [0.15, 0.2) is 0 Å². The van der Waals surface area contributed by atoms with Crippen molar-refractivity contribution in [3.63, 3.8) is 0 Å². The molecule has 0 heterocycles. The molecule has 0 aromatic heterocycles. The average molecular weight is 118 g/mol. The van der Waals surface area contributed by atoms with Gasteiger partial charge >= 0.3 is 0 Å². The van der Waals surface area contributed by atoms with Crippen LogP contribution in [-0.2, 0) is 0 Å². The smallest absolute Gasteiger partial charge is 0.00697 e. The van der Waals surface area contributed by atoms with Gasteiger partial charge in [0.2, 0.25) is 0 Å². The fourth-order valence-corrected chi connectivity index (χ4v) is 0.632. The predicted octanol–water partition coefficient (Wildman–Crippen LogP) is 2.21. The molecule has 0 N–H and O–H groups in total. The van der Waals surface area contributed by atoms with Gasteiger partial charge in [-0.15, -0.1) is 0 Å². The zero-order valence-electron chi connectivity index (χ0n) is 5.31. The summed E-state index contributed by atoms with van der Waals surface area (Å²) in [6.45, 7) is 6.67. The van der Waals surface area contributed by atoms with Crippen LogP contribution in [0.5, 0.6) is 0 Å². The van der Waals surface area contributed by atoms with E-state index in [2.05, 4.69) is 33.4 Å². The Labute approximate surface area is 51.7 Å². The van der Waals surface area contributed by atoms with E-state index in [1.165, 1.54) is 0 Å². The minimum Gasteiger partial charge on any atom is -0.179 e. The van der Waals surface area contributed by atoms with Crippen LogP contribution in [0.3, 0.4) is 0 Å². The minimum atomic E-state index is 0.767. The molecule has 7 heavy (non-hydrogen) atoms. The maximum atomic E-state index is 4.15. The summed E-state index contributed by atoms with van der Waals surface area (Å²) < 4.78 is 0. The molecule has 1 heteroatoms. The first-order valence-corrected chi connectivity index (χ1v) is 3.42. The molecule has 0 aromatic rings. The second kappa shape index (κ2) is 3.36. The van der Waals surface area contributed by atoms with E-state index in [1.807, 2.05) is 0 Å². The Kier molecular flexibility index (Phi) is 3.53. The molecule has 0 nitrogen and oxygen atoms in total. The van der Waals surface area contributed by atoms with E-state index in [0.717, 1.165) is 17.6 Å². The third-order valence-corrected chi connectivity index (χ3v) is 2.00. The number of hydrogen-bond acceptors (Lipinski definition) is 1. The van der Waals surface area contributed by atoms with Crippen molar-refractivity contribution in [1.82, 2.24) is 0 Å². The van der Waals surface area contributed by atoms with E-state index in [0.29, 0.717) is 0 Å². The van der Waals surface area contributed by atoms with Gasteiger partial charge in [0.25, 0.3) is 0 Å². The highest BCUT2D eigenvalue weighted by Gasteiger charge is 2.01. The Morgan fingerprint density at radius 1 is 1.29 bits per heavy atom. The Morgan fingerprint density at radius 2 is 1.71 bits per heavy atom. The molecule has 0 bridgehead atoms. The maximum absolute atomic E-state index is 4.15. The summed E-state index contributed by atoms with van der Waals surface area (Å²) in [5.41, 5.74) is 0. The van der Waals surface area contributed by atoms with Crippen LogP contribution in [0, 0.1) is 11.8 Å². The van der Waals surface area contributed by atoms with E-state index in [9.17, 15) is 0 Å². The molecule has 0 spiro atoms. The van der Waals surface area contributed by atoms with Gasteiger partial charge in [-0.05, 0) is 17.6 Å². The van der Waals surface area contributed by atoms with Gasteiger partial charge in [0.1, 0.15) is 0 Å². The molecule has 0 rings (SSSR count). The second-order valence-corrected chi connectivity index (χ2v) is 2.77. The van der Waals surface area contributed by atoms with E-state index >= 15 is 0 Å². The second-order valence-electron chi connectivity index (χ2n) is 2.40. The molecule has 0 aliphatic rings. The van der Waals surface area contributed by atoms with E-state index < -0.39 is 0 Å². The summed E-state index contributed by atoms with van der Waals surface area (Å²) in [4.78, 5) is 0. The van der Waals surface area contributed by atoms with Crippen LogP contribution < -0.4 is 0 Å². The normalized spacial score (nSPS) is 15.0. The first-order chi connectivity index (χ1) is 3.18. The van der Waals surface area contributed by atoms with Crippen molar-refractivity contribution in [3.05, 3.63) is 0 Å². The summed E-state index contributed by atoms with van der Waals surface area (Å²) in [7, 11) is 0. The summed E-state index contributed by atoms with van der Waals surface area (Å²) >= 11 is 4.15. The van der Waals surface area contributed by atoms with E-state index in [-0.39, 0.29) is 0 Å².